The van der Waals surface area contributed by atoms with Crippen molar-refractivity contribution in [3.63, 3.8) is 0 Å². The fourth-order valence-electron chi connectivity index (χ4n) is 2.96. The van der Waals surface area contributed by atoms with Crippen molar-refractivity contribution in [3.8, 4) is 0 Å². The number of hydrogen-bond acceptors (Lipinski definition) is 3. The van der Waals surface area contributed by atoms with E-state index in [1.165, 1.54) is 4.57 Å². The summed E-state index contributed by atoms with van der Waals surface area (Å²) in [5.74, 6) is 1.28. The summed E-state index contributed by atoms with van der Waals surface area (Å²) in [7, 11) is -0.857. The van der Waals surface area contributed by atoms with Crippen molar-refractivity contribution in [3.05, 3.63) is 46.9 Å². The Balaban J connectivity index is 1.81. The van der Waals surface area contributed by atoms with Crippen LogP contribution in [-0.4, -0.2) is 44.2 Å². The monoisotopic (exact) mass is 332 g/mol. The van der Waals surface area contributed by atoms with Gasteiger partial charge in [-0.15, -0.1) is 0 Å². The minimum Gasteiger partial charge on any atom is -0.340 e. The standard InChI is InChI=1S/C17H20N2O3S/c1-13-10-18(8-9-23(22)12-13)16(20)11-19-7-6-14-4-2-3-5-15(14)17(19)21/h2-7,13H,8-12H2,1H3/t13-,23-/m1/s1. The Morgan fingerprint density at radius 2 is 2.09 bits per heavy atom. The van der Waals surface area contributed by atoms with E-state index < -0.39 is 10.8 Å². The maximum Gasteiger partial charge on any atom is 0.258 e. The molecule has 0 aliphatic carbocycles. The molecule has 23 heavy (non-hydrogen) atoms. The third-order valence-corrected chi connectivity index (χ3v) is 5.71. The molecule has 1 aliphatic heterocycles. The maximum absolute atomic E-state index is 12.5. The fraction of sp³-hybridized carbons (Fsp3) is 0.412. The molecule has 5 nitrogen and oxygen atoms in total. The number of amides is 1. The van der Waals surface area contributed by atoms with E-state index >= 15 is 0 Å². The molecule has 6 heteroatoms. The van der Waals surface area contributed by atoms with Crippen LogP contribution in [-0.2, 0) is 22.1 Å². The van der Waals surface area contributed by atoms with Crippen molar-refractivity contribution in [2.45, 2.75) is 13.5 Å². The van der Waals surface area contributed by atoms with Crippen LogP contribution in [0.15, 0.2) is 41.3 Å². The largest absolute Gasteiger partial charge is 0.340 e. The Morgan fingerprint density at radius 3 is 2.91 bits per heavy atom. The predicted molar refractivity (Wildman–Crippen MR) is 91.8 cm³/mol. The first-order valence-corrected chi connectivity index (χ1v) is 9.24. The van der Waals surface area contributed by atoms with Gasteiger partial charge in [0.05, 0.1) is 0 Å². The van der Waals surface area contributed by atoms with Crippen LogP contribution in [0.2, 0.25) is 0 Å². The van der Waals surface area contributed by atoms with E-state index in [0.717, 1.165) is 5.39 Å². The van der Waals surface area contributed by atoms with Crippen molar-refractivity contribution in [1.29, 1.82) is 0 Å². The summed E-state index contributed by atoms with van der Waals surface area (Å²) < 4.78 is 13.2. The number of hydrogen-bond donors (Lipinski definition) is 0. The molecule has 1 aromatic carbocycles. The first-order valence-electron chi connectivity index (χ1n) is 7.75. The first kappa shape index (κ1) is 15.9. The number of pyridine rings is 1. The molecule has 0 radical (unpaired) electrons. The summed E-state index contributed by atoms with van der Waals surface area (Å²) in [6.07, 6.45) is 1.67. The van der Waals surface area contributed by atoms with Gasteiger partial charge in [0.1, 0.15) is 6.54 Å². The SMILES string of the molecule is C[C@@H]1CN(C(=O)Cn2ccc3ccccc3c2=O)CC[S@@](=O)C1. The van der Waals surface area contributed by atoms with Crippen molar-refractivity contribution in [1.82, 2.24) is 9.47 Å². The van der Waals surface area contributed by atoms with Gasteiger partial charge < -0.3 is 9.47 Å². The van der Waals surface area contributed by atoms with Crippen LogP contribution >= 0.6 is 0 Å². The summed E-state index contributed by atoms with van der Waals surface area (Å²) in [5.41, 5.74) is -0.150. The second kappa shape index (κ2) is 6.66. The van der Waals surface area contributed by atoms with Crippen molar-refractivity contribution < 1.29 is 9.00 Å². The lowest BCUT2D eigenvalue weighted by molar-refractivity contribution is -0.132. The molecule has 1 amide bonds. The lowest BCUT2D eigenvalue weighted by Crippen LogP contribution is -2.39. The molecule has 0 saturated carbocycles. The summed E-state index contributed by atoms with van der Waals surface area (Å²) in [4.78, 5) is 26.7. The van der Waals surface area contributed by atoms with E-state index in [0.29, 0.717) is 30.0 Å². The van der Waals surface area contributed by atoms with Gasteiger partial charge in [0.15, 0.2) is 0 Å². The van der Waals surface area contributed by atoms with Crippen LogP contribution in [0.4, 0.5) is 0 Å². The van der Waals surface area contributed by atoms with Crippen molar-refractivity contribution >= 4 is 27.5 Å². The van der Waals surface area contributed by atoms with Gasteiger partial charge >= 0.3 is 0 Å². The quantitative estimate of drug-likeness (QED) is 0.831. The zero-order chi connectivity index (χ0) is 16.4. The Hall–Kier alpha value is -1.95. The molecule has 1 aromatic heterocycles. The number of rotatable bonds is 2. The molecular formula is C17H20N2O3S. The highest BCUT2D eigenvalue weighted by Crippen LogP contribution is 2.11. The third kappa shape index (κ3) is 3.52. The van der Waals surface area contributed by atoms with E-state index in [1.807, 2.05) is 31.2 Å². The van der Waals surface area contributed by atoms with E-state index in [1.54, 1.807) is 17.2 Å². The van der Waals surface area contributed by atoms with Crippen LogP contribution in [0.3, 0.4) is 0 Å². The highest BCUT2D eigenvalue weighted by atomic mass is 32.2. The Kier molecular flexibility index (Phi) is 4.61. The van der Waals surface area contributed by atoms with Gasteiger partial charge in [-0.05, 0) is 23.4 Å². The molecule has 1 fully saturated rings. The van der Waals surface area contributed by atoms with Crippen LogP contribution < -0.4 is 5.56 Å². The van der Waals surface area contributed by atoms with Gasteiger partial charge in [-0.1, -0.05) is 25.1 Å². The Morgan fingerprint density at radius 1 is 1.30 bits per heavy atom. The second-order valence-corrected chi connectivity index (χ2v) is 7.71. The Bertz CT molecular complexity index is 815. The van der Waals surface area contributed by atoms with E-state index in [9.17, 15) is 13.8 Å². The van der Waals surface area contributed by atoms with Gasteiger partial charge in [0.2, 0.25) is 5.91 Å². The zero-order valence-electron chi connectivity index (χ0n) is 13.1. The van der Waals surface area contributed by atoms with Crippen LogP contribution in [0, 0.1) is 5.92 Å². The summed E-state index contributed by atoms with van der Waals surface area (Å²) in [6.45, 7) is 3.14. The van der Waals surface area contributed by atoms with Gasteiger partial charge in [0, 0.05) is 47.0 Å². The molecule has 0 spiro atoms. The molecule has 2 atom stereocenters. The topological polar surface area (TPSA) is 59.4 Å². The number of carbonyl (C=O) groups excluding carboxylic acids is 1. The molecular weight excluding hydrogens is 312 g/mol. The van der Waals surface area contributed by atoms with E-state index in [-0.39, 0.29) is 23.9 Å². The van der Waals surface area contributed by atoms with Gasteiger partial charge in [0.25, 0.3) is 5.56 Å². The fourth-order valence-corrected chi connectivity index (χ4v) is 4.29. The lowest BCUT2D eigenvalue weighted by atomic mass is 10.2. The van der Waals surface area contributed by atoms with Crippen molar-refractivity contribution in [2.75, 3.05) is 24.6 Å². The molecule has 3 rings (SSSR count). The van der Waals surface area contributed by atoms with Gasteiger partial charge in [-0.3, -0.25) is 13.8 Å². The van der Waals surface area contributed by atoms with E-state index in [2.05, 4.69) is 0 Å². The number of benzene rings is 1. The van der Waals surface area contributed by atoms with Gasteiger partial charge in [-0.2, -0.15) is 0 Å². The molecule has 2 aromatic rings. The first-order chi connectivity index (χ1) is 11.0. The molecule has 1 aliphatic rings. The molecule has 0 unspecified atom stereocenters. The maximum atomic E-state index is 12.5. The van der Waals surface area contributed by atoms with Crippen LogP contribution in [0.5, 0.6) is 0 Å². The molecule has 2 heterocycles. The minimum absolute atomic E-state index is 0.0308. The van der Waals surface area contributed by atoms with Crippen molar-refractivity contribution in [2.24, 2.45) is 5.92 Å². The highest BCUT2D eigenvalue weighted by Gasteiger charge is 2.23. The Labute approximate surface area is 137 Å². The third-order valence-electron chi connectivity index (χ3n) is 4.14. The summed E-state index contributed by atoms with van der Waals surface area (Å²) in [6, 6.07) is 9.21. The second-order valence-electron chi connectivity index (χ2n) is 6.09. The number of carbonyl (C=O) groups is 1. The number of fused-ring (bicyclic) bond motifs is 1. The molecule has 0 bridgehead atoms. The lowest BCUT2D eigenvalue weighted by Gasteiger charge is -2.22. The molecule has 1 saturated heterocycles. The van der Waals surface area contributed by atoms with Crippen LogP contribution in [0.25, 0.3) is 10.8 Å². The van der Waals surface area contributed by atoms with Gasteiger partial charge in [-0.25, -0.2) is 0 Å². The minimum atomic E-state index is -0.857. The normalized spacial score (nSPS) is 22.0. The number of aromatic nitrogens is 1. The number of nitrogens with zero attached hydrogens (tertiary/aromatic N) is 2. The summed E-state index contributed by atoms with van der Waals surface area (Å²) in [5, 5.41) is 1.49. The van der Waals surface area contributed by atoms with E-state index in [4.69, 9.17) is 0 Å². The average Bonchev–Trinajstić information content (AvgIpc) is 2.70. The predicted octanol–water partition coefficient (Wildman–Crippen LogP) is 1.23. The average molecular weight is 332 g/mol. The van der Waals surface area contributed by atoms with Crippen LogP contribution in [0.1, 0.15) is 6.92 Å². The molecule has 0 N–H and O–H groups in total. The highest BCUT2D eigenvalue weighted by molar-refractivity contribution is 7.85. The zero-order valence-corrected chi connectivity index (χ0v) is 13.9. The summed E-state index contributed by atoms with van der Waals surface area (Å²) >= 11 is 0. The molecule has 122 valence electrons. The smallest absolute Gasteiger partial charge is 0.258 e.